The molecule has 0 aliphatic carbocycles. The van der Waals surface area contributed by atoms with E-state index in [0.29, 0.717) is 43.7 Å². The van der Waals surface area contributed by atoms with Crippen LogP contribution < -0.4 is 30.5 Å². The second-order valence-corrected chi connectivity index (χ2v) is 15.2. The first-order valence-corrected chi connectivity index (χ1v) is 19.6. The van der Waals surface area contributed by atoms with Crippen LogP contribution in [-0.2, 0) is 16.0 Å². The minimum Gasteiger partial charge on any atom is -0.474 e. The SMILES string of the molecule is Cc1c(-c2ccc3cnc(Nc4ccc(N5CCC(N6CCN(c7ccc(CC8CCC(=O)NC8=O)cc7)CC6)CC5)cc4)nc3c2)cnc2c1NCCO2. The molecule has 0 spiro atoms. The third kappa shape index (κ3) is 7.51. The summed E-state index contributed by atoms with van der Waals surface area (Å²) in [5.41, 5.74) is 9.64. The van der Waals surface area contributed by atoms with Gasteiger partial charge in [0.2, 0.25) is 23.6 Å². The number of hydrogen-bond donors (Lipinski definition) is 3. The highest BCUT2D eigenvalue weighted by molar-refractivity contribution is 5.98. The summed E-state index contributed by atoms with van der Waals surface area (Å²) in [5, 5.41) is 10.3. The Morgan fingerprint density at radius 2 is 1.58 bits per heavy atom. The smallest absolute Gasteiger partial charge is 0.237 e. The number of carbonyl (C=O) groups is 2. The molecule has 3 N–H and O–H groups in total. The summed E-state index contributed by atoms with van der Waals surface area (Å²) >= 11 is 0. The number of aromatic nitrogens is 3. The molecule has 1 atom stereocenters. The molecular formula is C43H47N9O3. The number of nitrogens with zero attached hydrogens (tertiary/aromatic N) is 6. The molecule has 3 aromatic carbocycles. The highest BCUT2D eigenvalue weighted by Gasteiger charge is 2.29. The largest absolute Gasteiger partial charge is 0.474 e. The van der Waals surface area contributed by atoms with Gasteiger partial charge >= 0.3 is 0 Å². The molecule has 3 fully saturated rings. The van der Waals surface area contributed by atoms with Gasteiger partial charge in [0.1, 0.15) is 12.3 Å². The summed E-state index contributed by atoms with van der Waals surface area (Å²) in [4.78, 5) is 45.3. The van der Waals surface area contributed by atoms with Crippen molar-refractivity contribution in [1.29, 1.82) is 0 Å². The molecule has 0 radical (unpaired) electrons. The number of piperazine rings is 1. The summed E-state index contributed by atoms with van der Waals surface area (Å²) in [7, 11) is 0. The lowest BCUT2D eigenvalue weighted by molar-refractivity contribution is -0.136. The lowest BCUT2D eigenvalue weighted by Crippen LogP contribution is -2.53. The van der Waals surface area contributed by atoms with Gasteiger partial charge in [-0.15, -0.1) is 0 Å². The number of imide groups is 1. The first-order valence-electron chi connectivity index (χ1n) is 19.6. The van der Waals surface area contributed by atoms with E-state index in [1.807, 2.05) is 12.4 Å². The number of amides is 2. The van der Waals surface area contributed by atoms with Crippen molar-refractivity contribution in [2.75, 3.05) is 72.9 Å². The Balaban J connectivity index is 0.759. The molecule has 55 heavy (non-hydrogen) atoms. The van der Waals surface area contributed by atoms with Gasteiger partial charge in [0.05, 0.1) is 5.52 Å². The van der Waals surface area contributed by atoms with Crippen LogP contribution in [0.4, 0.5) is 28.7 Å². The van der Waals surface area contributed by atoms with Gasteiger partial charge in [-0.25, -0.2) is 15.0 Å². The quantitative estimate of drug-likeness (QED) is 0.164. The fraction of sp³-hybridized carbons (Fsp3) is 0.372. The summed E-state index contributed by atoms with van der Waals surface area (Å²) in [6.45, 7) is 9.76. The number of benzene rings is 3. The fourth-order valence-electron chi connectivity index (χ4n) is 8.54. The third-order valence-corrected chi connectivity index (χ3v) is 11.8. The van der Waals surface area contributed by atoms with Crippen molar-refractivity contribution in [2.24, 2.45) is 5.92 Å². The maximum Gasteiger partial charge on any atom is 0.237 e. The van der Waals surface area contributed by atoms with Gasteiger partial charge in [-0.2, -0.15) is 0 Å². The summed E-state index contributed by atoms with van der Waals surface area (Å²) < 4.78 is 5.72. The Morgan fingerprint density at radius 3 is 2.35 bits per heavy atom. The van der Waals surface area contributed by atoms with Gasteiger partial charge in [0.15, 0.2) is 0 Å². The van der Waals surface area contributed by atoms with E-state index in [4.69, 9.17) is 9.72 Å². The molecule has 12 heteroatoms. The van der Waals surface area contributed by atoms with Crippen LogP contribution in [0.3, 0.4) is 0 Å². The minimum absolute atomic E-state index is 0.120. The maximum atomic E-state index is 12.2. The Hall–Kier alpha value is -5.75. The number of pyridine rings is 1. The molecule has 2 aromatic heterocycles. The topological polar surface area (TPSA) is 128 Å². The summed E-state index contributed by atoms with van der Waals surface area (Å²) in [5.74, 6) is 0.811. The van der Waals surface area contributed by atoms with E-state index in [-0.39, 0.29) is 17.7 Å². The molecule has 9 rings (SSSR count). The van der Waals surface area contributed by atoms with Crippen LogP contribution in [0.25, 0.3) is 22.0 Å². The second-order valence-electron chi connectivity index (χ2n) is 15.2. The van der Waals surface area contributed by atoms with Gasteiger partial charge in [-0.1, -0.05) is 24.3 Å². The van der Waals surface area contributed by atoms with Gasteiger partial charge in [0, 0.05) is 105 Å². The third-order valence-electron chi connectivity index (χ3n) is 11.8. The molecule has 0 bridgehead atoms. The first-order chi connectivity index (χ1) is 26.9. The number of anilines is 5. The van der Waals surface area contributed by atoms with E-state index < -0.39 is 0 Å². The molecule has 4 aliphatic heterocycles. The van der Waals surface area contributed by atoms with Gasteiger partial charge in [0.25, 0.3) is 0 Å². The average Bonchev–Trinajstić information content (AvgIpc) is 3.23. The van der Waals surface area contributed by atoms with E-state index in [1.54, 1.807) is 0 Å². The lowest BCUT2D eigenvalue weighted by atomic mass is 9.91. The van der Waals surface area contributed by atoms with Crippen LogP contribution in [-0.4, -0.2) is 90.1 Å². The predicted octanol–water partition coefficient (Wildman–Crippen LogP) is 5.93. The van der Waals surface area contributed by atoms with Crippen molar-refractivity contribution in [3.63, 3.8) is 0 Å². The number of fused-ring (bicyclic) bond motifs is 2. The van der Waals surface area contributed by atoms with E-state index in [0.717, 1.165) is 103 Å². The number of piperidine rings is 2. The Labute approximate surface area is 321 Å². The van der Waals surface area contributed by atoms with Crippen molar-refractivity contribution in [2.45, 2.75) is 45.1 Å². The molecule has 0 saturated carbocycles. The van der Waals surface area contributed by atoms with Crippen molar-refractivity contribution >= 4 is 51.4 Å². The van der Waals surface area contributed by atoms with E-state index in [2.05, 4.69) is 114 Å². The second kappa shape index (κ2) is 15.2. The molecule has 1 unspecified atom stereocenters. The highest BCUT2D eigenvalue weighted by atomic mass is 16.5. The molecule has 6 heterocycles. The van der Waals surface area contributed by atoms with Crippen molar-refractivity contribution in [1.82, 2.24) is 25.2 Å². The Bertz CT molecular complexity index is 2190. The molecule has 3 saturated heterocycles. The molecule has 4 aliphatic rings. The van der Waals surface area contributed by atoms with Crippen molar-refractivity contribution in [3.05, 3.63) is 90.3 Å². The molecule has 2 amide bonds. The number of rotatable bonds is 8. The van der Waals surface area contributed by atoms with Crippen LogP contribution in [0, 0.1) is 12.8 Å². The van der Waals surface area contributed by atoms with Crippen LogP contribution in [0.1, 0.15) is 36.8 Å². The minimum atomic E-state index is -0.158. The van der Waals surface area contributed by atoms with Crippen LogP contribution in [0.5, 0.6) is 5.88 Å². The molecule has 282 valence electrons. The van der Waals surface area contributed by atoms with Crippen molar-refractivity contribution < 1.29 is 14.3 Å². The van der Waals surface area contributed by atoms with E-state index in [1.165, 1.54) is 11.4 Å². The van der Waals surface area contributed by atoms with Crippen LogP contribution >= 0.6 is 0 Å². The molecule has 12 nitrogen and oxygen atoms in total. The maximum absolute atomic E-state index is 12.2. The lowest BCUT2D eigenvalue weighted by Gasteiger charge is -2.44. The monoisotopic (exact) mass is 737 g/mol. The van der Waals surface area contributed by atoms with Crippen LogP contribution in [0.15, 0.2) is 79.1 Å². The summed E-state index contributed by atoms with van der Waals surface area (Å²) in [6.07, 6.45) is 7.81. The zero-order valence-electron chi connectivity index (χ0n) is 31.3. The molecular weight excluding hydrogens is 691 g/mol. The van der Waals surface area contributed by atoms with Gasteiger partial charge in [-0.3, -0.25) is 19.8 Å². The van der Waals surface area contributed by atoms with Crippen molar-refractivity contribution in [3.8, 4) is 17.0 Å². The van der Waals surface area contributed by atoms with Crippen LogP contribution in [0.2, 0.25) is 0 Å². The Morgan fingerprint density at radius 1 is 0.836 bits per heavy atom. The van der Waals surface area contributed by atoms with E-state index >= 15 is 0 Å². The number of ether oxygens (including phenoxy) is 1. The number of hydrogen-bond acceptors (Lipinski definition) is 11. The zero-order valence-corrected chi connectivity index (χ0v) is 31.3. The highest BCUT2D eigenvalue weighted by Crippen LogP contribution is 2.36. The summed E-state index contributed by atoms with van der Waals surface area (Å²) in [6, 6.07) is 24.1. The van der Waals surface area contributed by atoms with Gasteiger partial charge in [-0.05, 0) is 91.8 Å². The number of carbonyl (C=O) groups excluding carboxylic acids is 2. The average molecular weight is 738 g/mol. The first kappa shape index (κ1) is 35.0. The zero-order chi connectivity index (χ0) is 37.3. The predicted molar refractivity (Wildman–Crippen MR) is 216 cm³/mol. The number of nitrogens with one attached hydrogen (secondary N) is 3. The van der Waals surface area contributed by atoms with E-state index in [9.17, 15) is 9.59 Å². The van der Waals surface area contributed by atoms with Gasteiger partial charge < -0.3 is 25.2 Å². The normalized spacial score (nSPS) is 19.4. The fourth-order valence-corrected chi connectivity index (χ4v) is 8.54. The Kier molecular flexibility index (Phi) is 9.65. The molecule has 5 aromatic rings. The standard InChI is InChI=1S/C43H47N9O3/c1-28-37(27-45-42-40(28)44-16-23-55-42)30-4-5-32-26-46-43(48-38(32)25-30)47-33-7-11-35(12-8-33)50-17-14-36(15-18-50)52-21-19-51(20-22-52)34-9-2-29(3-10-34)24-31-6-13-39(53)49-41(31)54/h2-5,7-12,25-27,31,36,44H,6,13-24H2,1H3,(H,46,47,48)(H,49,53,54).